The van der Waals surface area contributed by atoms with Gasteiger partial charge >= 0.3 is 7.69 Å². The molecule has 3 nitrogen and oxygen atoms in total. The molecule has 1 radical (unpaired) electrons. The van der Waals surface area contributed by atoms with Gasteiger partial charge in [-0.1, -0.05) is 12.1 Å². The number of ether oxygens (including phenoxy) is 1. The highest BCUT2D eigenvalue weighted by atomic mass is 16.5. The smallest absolute Gasteiger partial charge is 0.482 e. The molecule has 1 heterocycles. The predicted octanol–water partition coefficient (Wildman–Crippen LogP) is 0.420. The van der Waals surface area contributed by atoms with E-state index >= 15 is 0 Å². The minimum Gasteiger partial charge on any atom is -0.493 e. The molecule has 1 unspecified atom stereocenters. The lowest BCUT2D eigenvalue weighted by Gasteiger charge is -2.34. The van der Waals surface area contributed by atoms with Crippen molar-refractivity contribution in [3.8, 4) is 5.75 Å². The molecule has 2 aliphatic carbocycles. The molecule has 1 atom stereocenters. The average Bonchev–Trinajstić information content (AvgIpc) is 2.12. The quantitative estimate of drug-likeness (QED) is 0.564. The Balaban J connectivity index is 0.000000196. The molecule has 0 saturated heterocycles. The second kappa shape index (κ2) is 3.40. The number of benzene rings is 1. The molecule has 13 heavy (non-hydrogen) atoms. The summed E-state index contributed by atoms with van der Waals surface area (Å²) in [6.07, 6.45) is 1.19. The molecule has 1 aromatic carbocycles. The van der Waals surface area contributed by atoms with Crippen LogP contribution in [0.1, 0.15) is 23.5 Å². The average molecular weight is 177 g/mol. The third-order valence-electron chi connectivity index (χ3n) is 2.48. The van der Waals surface area contributed by atoms with E-state index in [9.17, 15) is 0 Å². The maximum Gasteiger partial charge on any atom is 0.482 e. The lowest BCUT2D eigenvalue weighted by Crippen LogP contribution is -2.21. The fourth-order valence-electron chi connectivity index (χ4n) is 1.88. The second-order valence-electron chi connectivity index (χ2n) is 3.10. The zero-order valence-electron chi connectivity index (χ0n) is 7.10. The molecule has 1 aliphatic heterocycles. The van der Waals surface area contributed by atoms with Gasteiger partial charge in [-0.3, -0.25) is 0 Å². The summed E-state index contributed by atoms with van der Waals surface area (Å²) in [7, 11) is 0. The molecular weight excluding hydrogens is 167 g/mol. The van der Waals surface area contributed by atoms with Crippen LogP contribution in [0.4, 0.5) is 0 Å². The molecule has 2 N–H and O–H groups in total. The second-order valence-corrected chi connectivity index (χ2v) is 3.10. The Morgan fingerprint density at radius 1 is 1.38 bits per heavy atom. The molecule has 0 saturated carbocycles. The van der Waals surface area contributed by atoms with Crippen LogP contribution in [-0.4, -0.2) is 24.3 Å². The van der Waals surface area contributed by atoms with Gasteiger partial charge < -0.3 is 14.8 Å². The van der Waals surface area contributed by atoms with Crippen LogP contribution in [0.25, 0.3) is 0 Å². The maximum absolute atomic E-state index is 7.00. The Bertz CT molecular complexity index is 305. The standard InChI is InChI=1S/C9H8O.BH2O2/c1-2-9-8-5-6(1)7(8)3-4-10-9;2-1-3/h1-2,5,7H,3-4H2;2-3H. The van der Waals surface area contributed by atoms with Gasteiger partial charge in [0.05, 0.1) is 6.61 Å². The largest absolute Gasteiger partial charge is 0.493 e. The first-order valence-electron chi connectivity index (χ1n) is 4.23. The summed E-state index contributed by atoms with van der Waals surface area (Å²) in [5.41, 5.74) is 2.94. The van der Waals surface area contributed by atoms with Gasteiger partial charge in [0.1, 0.15) is 5.75 Å². The Labute approximate surface area is 77.3 Å². The SMILES string of the molecule is C1=CC2=C3C=C1C3CCO2.O[B]O. The first kappa shape index (κ1) is 8.60. The van der Waals surface area contributed by atoms with E-state index in [0.717, 1.165) is 18.3 Å². The topological polar surface area (TPSA) is 49.7 Å². The number of hydrogen-bond donors (Lipinski definition) is 2. The van der Waals surface area contributed by atoms with Crippen molar-refractivity contribution in [3.63, 3.8) is 0 Å². The van der Waals surface area contributed by atoms with Crippen molar-refractivity contribution in [1.82, 2.24) is 0 Å². The molecule has 3 aliphatic rings. The van der Waals surface area contributed by atoms with E-state index in [4.69, 9.17) is 14.8 Å². The molecule has 4 heteroatoms. The van der Waals surface area contributed by atoms with E-state index in [0.29, 0.717) is 0 Å². The third-order valence-corrected chi connectivity index (χ3v) is 2.48. The summed E-state index contributed by atoms with van der Waals surface area (Å²) < 4.78 is 5.45. The van der Waals surface area contributed by atoms with Crippen molar-refractivity contribution >= 4 is 7.69 Å². The van der Waals surface area contributed by atoms with Crippen molar-refractivity contribution in [1.29, 1.82) is 0 Å². The summed E-state index contributed by atoms with van der Waals surface area (Å²) >= 11 is 0. The van der Waals surface area contributed by atoms with Gasteiger partial charge in [0.2, 0.25) is 0 Å². The molecule has 0 fully saturated rings. The molecule has 67 valence electrons. The van der Waals surface area contributed by atoms with Crippen LogP contribution in [0.2, 0.25) is 0 Å². The fraction of sp³-hybridized carbons (Fsp3) is 0.333. The normalized spacial score (nSPS) is 20.3. The van der Waals surface area contributed by atoms with Crippen LogP contribution in [0.15, 0.2) is 18.2 Å². The van der Waals surface area contributed by atoms with Crippen LogP contribution >= 0.6 is 0 Å². The minimum atomic E-state index is 0. The zero-order valence-corrected chi connectivity index (χ0v) is 7.10. The molecular formula is C9H10BO3. The highest BCUT2D eigenvalue weighted by molar-refractivity contribution is 6.13. The first-order valence-corrected chi connectivity index (χ1v) is 4.23. The predicted molar refractivity (Wildman–Crippen MR) is 48.6 cm³/mol. The van der Waals surface area contributed by atoms with E-state index in [1.54, 1.807) is 0 Å². The van der Waals surface area contributed by atoms with Crippen LogP contribution in [-0.2, 0) is 0 Å². The molecule has 4 bridgehead atoms. The van der Waals surface area contributed by atoms with Crippen LogP contribution < -0.4 is 4.74 Å². The van der Waals surface area contributed by atoms with E-state index in [1.807, 2.05) is 0 Å². The summed E-state index contributed by atoms with van der Waals surface area (Å²) in [6, 6.07) is 6.49. The van der Waals surface area contributed by atoms with Crippen LogP contribution in [0, 0.1) is 0 Å². The molecule has 0 aromatic heterocycles. The summed E-state index contributed by atoms with van der Waals surface area (Å²) in [6.45, 7) is 0.908. The molecule has 4 rings (SSSR count). The minimum absolute atomic E-state index is 0. The van der Waals surface area contributed by atoms with Gasteiger partial charge in [0.25, 0.3) is 0 Å². The van der Waals surface area contributed by atoms with Crippen molar-refractivity contribution < 1.29 is 14.8 Å². The number of hydrogen-bond acceptors (Lipinski definition) is 3. The highest BCUT2D eigenvalue weighted by Gasteiger charge is 2.30. The van der Waals surface area contributed by atoms with Gasteiger partial charge in [0.15, 0.2) is 0 Å². The van der Waals surface area contributed by atoms with Crippen molar-refractivity contribution in [2.75, 3.05) is 6.61 Å². The Morgan fingerprint density at radius 3 is 2.69 bits per heavy atom. The van der Waals surface area contributed by atoms with Gasteiger partial charge in [-0.05, 0) is 18.1 Å². The first-order chi connectivity index (χ1) is 6.36. The fourth-order valence-corrected chi connectivity index (χ4v) is 1.88. The third kappa shape index (κ3) is 1.32. The Kier molecular flexibility index (Phi) is 2.25. The van der Waals surface area contributed by atoms with Crippen molar-refractivity contribution in [2.45, 2.75) is 12.3 Å². The van der Waals surface area contributed by atoms with Crippen molar-refractivity contribution in [3.05, 3.63) is 29.3 Å². The molecule has 1 aromatic rings. The lowest BCUT2D eigenvalue weighted by atomic mass is 9.77. The van der Waals surface area contributed by atoms with Crippen LogP contribution in [0.5, 0.6) is 5.75 Å². The van der Waals surface area contributed by atoms with E-state index in [1.165, 1.54) is 17.5 Å². The maximum atomic E-state index is 7.00. The summed E-state index contributed by atoms with van der Waals surface area (Å²) in [4.78, 5) is 0. The Morgan fingerprint density at radius 2 is 2.15 bits per heavy atom. The monoisotopic (exact) mass is 177 g/mol. The van der Waals surface area contributed by atoms with E-state index in [2.05, 4.69) is 18.2 Å². The van der Waals surface area contributed by atoms with Gasteiger partial charge in [0, 0.05) is 11.5 Å². The lowest BCUT2D eigenvalue weighted by molar-refractivity contribution is 0.269. The van der Waals surface area contributed by atoms with Crippen LogP contribution in [0.3, 0.4) is 0 Å². The molecule has 0 spiro atoms. The van der Waals surface area contributed by atoms with Gasteiger partial charge in [-0.2, -0.15) is 0 Å². The summed E-state index contributed by atoms with van der Waals surface area (Å²) in [5.74, 6) is 1.86. The number of rotatable bonds is 0. The van der Waals surface area contributed by atoms with Crippen molar-refractivity contribution in [2.24, 2.45) is 0 Å². The van der Waals surface area contributed by atoms with Gasteiger partial charge in [-0.25, -0.2) is 0 Å². The highest BCUT2D eigenvalue weighted by Crippen LogP contribution is 2.46. The Hall–Kier alpha value is -0.995. The number of fused-ring (bicyclic) bond motifs is 1. The van der Waals surface area contributed by atoms with Gasteiger partial charge in [-0.15, -0.1) is 0 Å². The van der Waals surface area contributed by atoms with E-state index in [-0.39, 0.29) is 7.69 Å². The molecule has 0 amide bonds. The zero-order chi connectivity index (χ0) is 9.26. The van der Waals surface area contributed by atoms with E-state index < -0.39 is 0 Å². The summed E-state index contributed by atoms with van der Waals surface area (Å²) in [5, 5.41) is 14.0.